The molecule has 0 aliphatic rings. The molecule has 0 bridgehead atoms. The lowest BCUT2D eigenvalue weighted by Crippen LogP contribution is -2.37. The lowest BCUT2D eigenvalue weighted by molar-refractivity contribution is 0.0996. The van der Waals surface area contributed by atoms with Crippen molar-refractivity contribution in [3.8, 4) is 0 Å². The molecule has 0 aliphatic heterocycles. The molecule has 158 valence electrons. The maximum absolute atomic E-state index is 12.1. The highest BCUT2D eigenvalue weighted by atomic mass is 127. The quantitative estimate of drug-likeness (QED) is 0.231. The number of hydrogen-bond donors (Lipinski definition) is 3. The number of halogens is 2. The van der Waals surface area contributed by atoms with E-state index in [1.54, 1.807) is 19.2 Å². The predicted octanol–water partition coefficient (Wildman–Crippen LogP) is 4.71. The van der Waals surface area contributed by atoms with E-state index in [9.17, 15) is 4.79 Å². The minimum absolute atomic E-state index is 0. The number of nitrogens with one attached hydrogen (secondary N) is 3. The number of guanidine groups is 1. The summed E-state index contributed by atoms with van der Waals surface area (Å²) in [6.07, 6.45) is 2.27. The Morgan fingerprint density at radius 3 is 2.63 bits per heavy atom. The molecule has 0 unspecified atom stereocenters. The molecule has 0 atom stereocenters. The van der Waals surface area contributed by atoms with Crippen LogP contribution in [0, 0.1) is 0 Å². The number of hydrogen-bond acceptors (Lipinski definition) is 3. The van der Waals surface area contributed by atoms with Crippen LogP contribution < -0.4 is 16.0 Å². The van der Waals surface area contributed by atoms with Crippen LogP contribution >= 0.6 is 35.6 Å². The molecule has 0 saturated carbocycles. The van der Waals surface area contributed by atoms with E-state index in [1.807, 2.05) is 48.5 Å². The Morgan fingerprint density at radius 1 is 1.07 bits per heavy atom. The normalized spacial score (nSPS) is 10.8. The molecule has 1 aromatic heterocycles. The zero-order valence-electron chi connectivity index (χ0n) is 16.5. The summed E-state index contributed by atoms with van der Waals surface area (Å²) in [6, 6.07) is 18.7. The highest BCUT2D eigenvalue weighted by molar-refractivity contribution is 14.0. The zero-order chi connectivity index (χ0) is 20.5. The topological polar surface area (TPSA) is 78.7 Å². The Hall–Kier alpha value is -2.52. The molecule has 1 heterocycles. The van der Waals surface area contributed by atoms with Gasteiger partial charge in [-0.2, -0.15) is 0 Å². The first kappa shape index (κ1) is 23.8. The molecule has 30 heavy (non-hydrogen) atoms. The summed E-state index contributed by atoms with van der Waals surface area (Å²) >= 11 is 6.19. The summed E-state index contributed by atoms with van der Waals surface area (Å²) in [5, 5.41) is 10.1. The second-order valence-electron chi connectivity index (χ2n) is 6.33. The average Bonchev–Trinajstić information content (AvgIpc) is 3.27. The molecule has 6 nitrogen and oxygen atoms in total. The largest absolute Gasteiger partial charge is 0.459 e. The van der Waals surface area contributed by atoms with Crippen molar-refractivity contribution < 1.29 is 9.21 Å². The van der Waals surface area contributed by atoms with Gasteiger partial charge >= 0.3 is 0 Å². The lowest BCUT2D eigenvalue weighted by Gasteiger charge is -2.13. The summed E-state index contributed by atoms with van der Waals surface area (Å²) in [6.45, 7) is 1.28. The Bertz CT molecular complexity index is 977. The number of nitrogens with zero attached hydrogens (tertiary/aromatic N) is 1. The summed E-state index contributed by atoms with van der Waals surface area (Å²) in [5.74, 6) is 0.691. The average molecular weight is 539 g/mol. The number of carbonyl (C=O) groups is 1. The Balaban J connectivity index is 0.00000320. The Labute approximate surface area is 198 Å². The second-order valence-corrected chi connectivity index (χ2v) is 6.73. The third-order valence-electron chi connectivity index (χ3n) is 4.26. The highest BCUT2D eigenvalue weighted by Gasteiger charge is 2.09. The van der Waals surface area contributed by atoms with Crippen LogP contribution in [0.5, 0.6) is 0 Å². The first-order valence-electron chi connectivity index (χ1n) is 9.27. The molecule has 2 aromatic carbocycles. The second kappa shape index (κ2) is 12.2. The van der Waals surface area contributed by atoms with Crippen molar-refractivity contribution in [2.45, 2.75) is 13.0 Å². The molecule has 0 aliphatic carbocycles. The summed E-state index contributed by atoms with van der Waals surface area (Å²) in [4.78, 5) is 16.3. The van der Waals surface area contributed by atoms with Crippen molar-refractivity contribution in [3.05, 3.63) is 88.8 Å². The van der Waals surface area contributed by atoms with Crippen LogP contribution in [0.25, 0.3) is 0 Å². The van der Waals surface area contributed by atoms with E-state index in [0.717, 1.165) is 22.6 Å². The van der Waals surface area contributed by atoms with Gasteiger partial charge in [0.25, 0.3) is 5.91 Å². The van der Waals surface area contributed by atoms with E-state index in [1.165, 1.54) is 6.26 Å². The van der Waals surface area contributed by atoms with Gasteiger partial charge in [-0.05, 0) is 47.9 Å². The predicted molar refractivity (Wildman–Crippen MR) is 132 cm³/mol. The van der Waals surface area contributed by atoms with Gasteiger partial charge in [-0.15, -0.1) is 24.0 Å². The van der Waals surface area contributed by atoms with Gasteiger partial charge in [0, 0.05) is 30.8 Å². The van der Waals surface area contributed by atoms with Gasteiger partial charge in [-0.1, -0.05) is 41.9 Å². The molecule has 1 amide bonds. The molecular weight excluding hydrogens is 515 g/mol. The minimum atomic E-state index is -0.280. The molecule has 0 spiro atoms. The number of carbonyl (C=O) groups excluding carboxylic acids is 1. The van der Waals surface area contributed by atoms with Gasteiger partial charge in [-0.25, -0.2) is 0 Å². The van der Waals surface area contributed by atoms with Crippen molar-refractivity contribution in [3.63, 3.8) is 0 Å². The molecular formula is C22H24ClIN4O2. The zero-order valence-corrected chi connectivity index (χ0v) is 19.6. The van der Waals surface area contributed by atoms with E-state index in [2.05, 4.69) is 20.9 Å². The van der Waals surface area contributed by atoms with E-state index in [0.29, 0.717) is 24.7 Å². The summed E-state index contributed by atoms with van der Waals surface area (Å²) < 4.78 is 5.11. The third kappa shape index (κ3) is 7.07. The highest BCUT2D eigenvalue weighted by Crippen LogP contribution is 2.15. The number of anilines is 1. The molecule has 8 heteroatoms. The Kier molecular flexibility index (Phi) is 9.69. The van der Waals surface area contributed by atoms with Gasteiger partial charge in [-0.3, -0.25) is 9.79 Å². The monoisotopic (exact) mass is 538 g/mol. The van der Waals surface area contributed by atoms with Crippen LogP contribution in [0.4, 0.5) is 5.69 Å². The number of benzene rings is 2. The summed E-state index contributed by atoms with van der Waals surface area (Å²) in [5.41, 5.74) is 2.81. The fourth-order valence-corrected chi connectivity index (χ4v) is 3.01. The van der Waals surface area contributed by atoms with Gasteiger partial charge in [0.2, 0.25) is 0 Å². The van der Waals surface area contributed by atoms with Crippen LogP contribution in [-0.4, -0.2) is 25.5 Å². The van der Waals surface area contributed by atoms with E-state index in [-0.39, 0.29) is 35.6 Å². The van der Waals surface area contributed by atoms with Crippen LogP contribution in [0.3, 0.4) is 0 Å². The summed E-state index contributed by atoms with van der Waals surface area (Å²) in [7, 11) is 1.73. The van der Waals surface area contributed by atoms with Crippen LogP contribution in [0.1, 0.15) is 21.7 Å². The maximum Gasteiger partial charge on any atom is 0.291 e. The van der Waals surface area contributed by atoms with Crippen molar-refractivity contribution in [2.24, 2.45) is 4.99 Å². The van der Waals surface area contributed by atoms with Crippen molar-refractivity contribution in [1.82, 2.24) is 10.6 Å². The van der Waals surface area contributed by atoms with Crippen LogP contribution in [0.15, 0.2) is 76.3 Å². The van der Waals surface area contributed by atoms with Crippen molar-refractivity contribution in [1.29, 1.82) is 0 Å². The van der Waals surface area contributed by atoms with E-state index >= 15 is 0 Å². The van der Waals surface area contributed by atoms with Gasteiger partial charge in [0.1, 0.15) is 0 Å². The third-order valence-corrected chi connectivity index (χ3v) is 4.63. The molecule has 0 fully saturated rings. The SMILES string of the molecule is CN=C(NCCc1ccccc1Cl)NCc1cccc(NC(=O)c2ccco2)c1.I. The first-order valence-corrected chi connectivity index (χ1v) is 9.65. The van der Waals surface area contributed by atoms with E-state index in [4.69, 9.17) is 16.0 Å². The Morgan fingerprint density at radius 2 is 1.90 bits per heavy atom. The van der Waals surface area contributed by atoms with E-state index < -0.39 is 0 Å². The van der Waals surface area contributed by atoms with Crippen LogP contribution in [-0.2, 0) is 13.0 Å². The standard InChI is InChI=1S/C22H23ClN4O2.HI/c1-24-22(25-12-11-17-7-2-3-9-19(17)23)26-15-16-6-4-8-18(14-16)27-21(28)20-10-5-13-29-20;/h2-10,13-14H,11-12,15H2,1H3,(H,27,28)(H2,24,25,26);1H. The fourth-order valence-electron chi connectivity index (χ4n) is 2.78. The lowest BCUT2D eigenvalue weighted by atomic mass is 10.1. The number of furan rings is 1. The molecule has 3 N–H and O–H groups in total. The van der Waals surface area contributed by atoms with Gasteiger partial charge in [0.05, 0.1) is 6.26 Å². The van der Waals surface area contributed by atoms with Crippen LogP contribution in [0.2, 0.25) is 5.02 Å². The molecule has 0 saturated heterocycles. The molecule has 0 radical (unpaired) electrons. The van der Waals surface area contributed by atoms with Crippen molar-refractivity contribution >= 4 is 53.1 Å². The van der Waals surface area contributed by atoms with Crippen molar-refractivity contribution in [2.75, 3.05) is 18.9 Å². The minimum Gasteiger partial charge on any atom is -0.459 e. The number of amides is 1. The smallest absolute Gasteiger partial charge is 0.291 e. The van der Waals surface area contributed by atoms with Gasteiger partial charge < -0.3 is 20.4 Å². The number of rotatable bonds is 7. The first-order chi connectivity index (χ1) is 14.2. The maximum atomic E-state index is 12.1. The molecule has 3 aromatic rings. The number of aliphatic imine (C=N–C) groups is 1. The fraction of sp³-hybridized carbons (Fsp3) is 0.182. The molecule has 3 rings (SSSR count). The van der Waals surface area contributed by atoms with Gasteiger partial charge in [0.15, 0.2) is 11.7 Å².